The van der Waals surface area contributed by atoms with Crippen LogP contribution in [0.3, 0.4) is 0 Å². The van der Waals surface area contributed by atoms with Gasteiger partial charge in [0.25, 0.3) is 0 Å². The van der Waals surface area contributed by atoms with Gasteiger partial charge in [0.05, 0.1) is 10.5 Å². The third-order valence-corrected chi connectivity index (χ3v) is 5.17. The van der Waals surface area contributed by atoms with E-state index < -0.39 is 16.0 Å². The van der Waals surface area contributed by atoms with Crippen molar-refractivity contribution in [2.24, 2.45) is 5.92 Å². The van der Waals surface area contributed by atoms with Gasteiger partial charge in [-0.15, -0.1) is 0 Å². The maximum atomic E-state index is 12.4. The summed E-state index contributed by atoms with van der Waals surface area (Å²) in [5.41, 5.74) is -0.0106. The Kier molecular flexibility index (Phi) is 3.91. The lowest BCUT2D eigenvalue weighted by atomic mass is 10.2. The minimum absolute atomic E-state index is 0.0106. The minimum Gasteiger partial charge on any atom is -0.478 e. The Hall–Kier alpha value is -1.40. The Morgan fingerprint density at radius 2 is 2.11 bits per heavy atom. The van der Waals surface area contributed by atoms with E-state index in [9.17, 15) is 13.2 Å². The van der Waals surface area contributed by atoms with Gasteiger partial charge in [-0.05, 0) is 37.0 Å². The smallest absolute Gasteiger partial charge is 0.335 e. The number of benzene rings is 1. The number of carboxylic acids is 1. The van der Waals surface area contributed by atoms with Crippen molar-refractivity contribution in [3.63, 3.8) is 0 Å². The van der Waals surface area contributed by atoms with Crippen molar-refractivity contribution in [2.75, 3.05) is 13.1 Å². The number of hydrogen-bond acceptors (Lipinski definition) is 3. The van der Waals surface area contributed by atoms with E-state index in [1.54, 1.807) is 6.92 Å². The molecule has 0 aromatic heterocycles. The summed E-state index contributed by atoms with van der Waals surface area (Å²) in [5, 5.41) is 8.92. The van der Waals surface area contributed by atoms with Gasteiger partial charge < -0.3 is 5.11 Å². The van der Waals surface area contributed by atoms with Gasteiger partial charge in [-0.25, -0.2) is 13.2 Å². The Balaban J connectivity index is 2.31. The molecule has 0 amide bonds. The van der Waals surface area contributed by atoms with Crippen LogP contribution in [-0.2, 0) is 10.0 Å². The molecule has 0 unspecified atom stereocenters. The predicted molar refractivity (Wildman–Crippen MR) is 70.6 cm³/mol. The van der Waals surface area contributed by atoms with Crippen LogP contribution >= 0.6 is 0 Å². The van der Waals surface area contributed by atoms with Crippen molar-refractivity contribution in [1.82, 2.24) is 4.31 Å². The molecule has 1 N–H and O–H groups in total. The number of rotatable bonds is 6. The van der Waals surface area contributed by atoms with Crippen LogP contribution in [-0.4, -0.2) is 36.9 Å². The summed E-state index contributed by atoms with van der Waals surface area (Å²) in [6.07, 6.45) is 2.14. The molecule has 0 spiro atoms. The fourth-order valence-corrected chi connectivity index (χ4v) is 3.50. The molecule has 0 atom stereocenters. The van der Waals surface area contributed by atoms with E-state index in [-0.39, 0.29) is 10.5 Å². The van der Waals surface area contributed by atoms with Crippen molar-refractivity contribution >= 4 is 16.0 Å². The molecular weight excluding hydrogens is 266 g/mol. The van der Waals surface area contributed by atoms with E-state index in [0.717, 1.165) is 12.8 Å². The van der Waals surface area contributed by atoms with Gasteiger partial charge in [-0.2, -0.15) is 4.31 Å². The molecule has 1 aromatic carbocycles. The summed E-state index contributed by atoms with van der Waals surface area (Å²) in [7, 11) is -3.59. The zero-order valence-corrected chi connectivity index (χ0v) is 11.6. The first kappa shape index (κ1) is 14.0. The number of aromatic carboxylic acids is 1. The fraction of sp³-hybridized carbons (Fsp3) is 0.462. The van der Waals surface area contributed by atoms with Crippen molar-refractivity contribution in [2.45, 2.75) is 24.7 Å². The molecule has 0 bridgehead atoms. The van der Waals surface area contributed by atoms with E-state index in [1.807, 2.05) is 0 Å². The summed E-state index contributed by atoms with van der Waals surface area (Å²) in [6, 6.07) is 5.50. The van der Waals surface area contributed by atoms with Crippen LogP contribution in [0.5, 0.6) is 0 Å². The van der Waals surface area contributed by atoms with Crippen LogP contribution in [0, 0.1) is 5.92 Å². The van der Waals surface area contributed by atoms with E-state index in [1.165, 1.54) is 28.6 Å². The second-order valence-electron chi connectivity index (χ2n) is 4.73. The molecule has 1 saturated carbocycles. The standard InChI is InChI=1S/C13H17NO4S/c1-2-14(9-10-6-7-10)19(17,18)12-5-3-4-11(8-12)13(15)16/h3-5,8,10H,2,6-7,9H2,1H3,(H,15,16). The van der Waals surface area contributed by atoms with Gasteiger partial charge >= 0.3 is 5.97 Å². The molecule has 5 nitrogen and oxygen atoms in total. The summed E-state index contributed by atoms with van der Waals surface area (Å²) < 4.78 is 26.3. The van der Waals surface area contributed by atoms with Gasteiger partial charge in [0.1, 0.15) is 0 Å². The average molecular weight is 283 g/mol. The minimum atomic E-state index is -3.59. The summed E-state index contributed by atoms with van der Waals surface area (Å²) >= 11 is 0. The van der Waals surface area contributed by atoms with E-state index >= 15 is 0 Å². The van der Waals surface area contributed by atoms with Crippen LogP contribution in [0.4, 0.5) is 0 Å². The number of carboxylic acid groups (broad SMARTS) is 1. The molecule has 6 heteroatoms. The largest absolute Gasteiger partial charge is 0.478 e. The van der Waals surface area contributed by atoms with Crippen LogP contribution in [0.1, 0.15) is 30.1 Å². The van der Waals surface area contributed by atoms with E-state index in [0.29, 0.717) is 19.0 Å². The second-order valence-corrected chi connectivity index (χ2v) is 6.67. The monoisotopic (exact) mass is 283 g/mol. The zero-order valence-electron chi connectivity index (χ0n) is 10.7. The van der Waals surface area contributed by atoms with Crippen molar-refractivity contribution < 1.29 is 18.3 Å². The third kappa shape index (κ3) is 3.13. The van der Waals surface area contributed by atoms with Crippen LogP contribution in [0.25, 0.3) is 0 Å². The molecular formula is C13H17NO4S. The van der Waals surface area contributed by atoms with Gasteiger partial charge in [-0.1, -0.05) is 13.0 Å². The highest BCUT2D eigenvalue weighted by Gasteiger charge is 2.30. The molecule has 1 fully saturated rings. The van der Waals surface area contributed by atoms with Crippen molar-refractivity contribution in [3.8, 4) is 0 Å². The first-order valence-corrected chi connectivity index (χ1v) is 7.72. The lowest BCUT2D eigenvalue weighted by Gasteiger charge is -2.20. The maximum absolute atomic E-state index is 12.4. The maximum Gasteiger partial charge on any atom is 0.335 e. The summed E-state index contributed by atoms with van der Waals surface area (Å²) in [4.78, 5) is 10.9. The van der Waals surface area contributed by atoms with Crippen molar-refractivity contribution in [1.29, 1.82) is 0 Å². The summed E-state index contributed by atoms with van der Waals surface area (Å²) in [5.74, 6) is -0.667. The van der Waals surface area contributed by atoms with Crippen LogP contribution in [0.15, 0.2) is 29.2 Å². The normalized spacial score (nSPS) is 15.7. The van der Waals surface area contributed by atoms with Crippen LogP contribution in [0.2, 0.25) is 0 Å². The van der Waals surface area contributed by atoms with Gasteiger partial charge in [0.2, 0.25) is 10.0 Å². The number of sulfonamides is 1. The number of carbonyl (C=O) groups is 1. The zero-order chi connectivity index (χ0) is 14.0. The molecule has 0 aliphatic heterocycles. The summed E-state index contributed by atoms with van der Waals surface area (Å²) in [6.45, 7) is 2.72. The molecule has 1 aliphatic carbocycles. The third-order valence-electron chi connectivity index (χ3n) is 3.23. The average Bonchev–Trinajstić information content (AvgIpc) is 3.19. The molecule has 0 radical (unpaired) electrons. The number of nitrogens with zero attached hydrogens (tertiary/aromatic N) is 1. The Bertz CT molecular complexity index is 578. The topological polar surface area (TPSA) is 74.7 Å². The predicted octanol–water partition coefficient (Wildman–Crippen LogP) is 1.81. The second kappa shape index (κ2) is 5.30. The molecule has 2 rings (SSSR count). The van der Waals surface area contributed by atoms with Gasteiger partial charge in [0.15, 0.2) is 0 Å². The van der Waals surface area contributed by atoms with Crippen LogP contribution < -0.4 is 0 Å². The Labute approximate surface area is 112 Å². The molecule has 19 heavy (non-hydrogen) atoms. The molecule has 1 aromatic rings. The highest BCUT2D eigenvalue weighted by Crippen LogP contribution is 2.31. The van der Waals surface area contributed by atoms with Crippen molar-refractivity contribution in [3.05, 3.63) is 29.8 Å². The van der Waals surface area contributed by atoms with Gasteiger partial charge in [0, 0.05) is 13.1 Å². The highest BCUT2D eigenvalue weighted by molar-refractivity contribution is 7.89. The SMILES string of the molecule is CCN(CC1CC1)S(=O)(=O)c1cccc(C(=O)O)c1. The van der Waals surface area contributed by atoms with E-state index in [4.69, 9.17) is 5.11 Å². The van der Waals surface area contributed by atoms with E-state index in [2.05, 4.69) is 0 Å². The molecule has 104 valence electrons. The van der Waals surface area contributed by atoms with Gasteiger partial charge in [-0.3, -0.25) is 0 Å². The molecule has 0 heterocycles. The Morgan fingerprint density at radius 1 is 1.42 bits per heavy atom. The number of hydrogen-bond donors (Lipinski definition) is 1. The lowest BCUT2D eigenvalue weighted by molar-refractivity contribution is 0.0696. The molecule has 1 aliphatic rings. The Morgan fingerprint density at radius 3 is 2.63 bits per heavy atom. The highest BCUT2D eigenvalue weighted by atomic mass is 32.2. The lowest BCUT2D eigenvalue weighted by Crippen LogP contribution is -2.32. The first-order valence-electron chi connectivity index (χ1n) is 6.28. The quantitative estimate of drug-likeness (QED) is 0.864. The first-order chi connectivity index (χ1) is 8.95. The molecule has 0 saturated heterocycles. The fourth-order valence-electron chi connectivity index (χ4n) is 1.92.